The molecule has 28 heavy (non-hydrogen) atoms. The molecule has 3 aromatic heterocycles. The average Bonchev–Trinajstić information content (AvgIpc) is 3.15. The minimum absolute atomic E-state index is 0. The summed E-state index contributed by atoms with van der Waals surface area (Å²) in [5.41, 5.74) is 0.871. The van der Waals surface area contributed by atoms with E-state index in [-0.39, 0.29) is 24.0 Å². The normalized spacial score (nSPS) is 14.8. The first-order valence-corrected chi connectivity index (χ1v) is 9.11. The number of nitrogens with one attached hydrogen (secondary N) is 1. The lowest BCUT2D eigenvalue weighted by Gasteiger charge is -2.36. The van der Waals surface area contributed by atoms with Gasteiger partial charge in [-0.05, 0) is 18.2 Å². The zero-order valence-corrected chi connectivity index (χ0v) is 18.1. The van der Waals surface area contributed by atoms with Crippen molar-refractivity contribution in [2.75, 3.05) is 44.7 Å². The Hall–Kier alpha value is -2.50. The van der Waals surface area contributed by atoms with Crippen LogP contribution < -0.4 is 10.2 Å². The van der Waals surface area contributed by atoms with E-state index in [4.69, 9.17) is 0 Å². The number of pyridine rings is 1. The highest BCUT2D eigenvalue weighted by Crippen LogP contribution is 2.10. The number of guanidine groups is 1. The fourth-order valence-electron chi connectivity index (χ4n) is 3.25. The van der Waals surface area contributed by atoms with Crippen LogP contribution in [0.3, 0.4) is 0 Å². The van der Waals surface area contributed by atoms with Gasteiger partial charge in [0.1, 0.15) is 5.82 Å². The molecule has 1 N–H and O–H groups in total. The van der Waals surface area contributed by atoms with Crippen LogP contribution >= 0.6 is 24.0 Å². The van der Waals surface area contributed by atoms with Crippen LogP contribution in [0.25, 0.3) is 5.65 Å². The van der Waals surface area contributed by atoms with Crippen molar-refractivity contribution in [1.82, 2.24) is 34.8 Å². The summed E-state index contributed by atoms with van der Waals surface area (Å²) in [7, 11) is 1.82. The predicted octanol–water partition coefficient (Wildman–Crippen LogP) is 1.08. The number of aromatic nitrogens is 5. The number of hydrogen-bond acceptors (Lipinski definition) is 6. The number of aliphatic imine (C=N–C) groups is 1. The summed E-state index contributed by atoms with van der Waals surface area (Å²) in [5, 5.41) is 11.9. The maximum atomic E-state index is 4.43. The van der Waals surface area contributed by atoms with Gasteiger partial charge in [0.05, 0.1) is 0 Å². The molecule has 148 valence electrons. The van der Waals surface area contributed by atoms with Crippen molar-refractivity contribution in [3.63, 3.8) is 0 Å². The number of rotatable bonds is 4. The monoisotopic (exact) mass is 493 g/mol. The number of anilines is 1. The Morgan fingerprint density at radius 2 is 1.86 bits per heavy atom. The quantitative estimate of drug-likeness (QED) is 0.331. The molecular formula is C18H24IN9. The first kappa shape index (κ1) is 20.2. The maximum Gasteiger partial charge on any atom is 0.225 e. The molecule has 0 aliphatic carbocycles. The van der Waals surface area contributed by atoms with E-state index in [0.717, 1.165) is 62.5 Å². The molecule has 0 radical (unpaired) electrons. The van der Waals surface area contributed by atoms with Crippen LogP contribution in [0, 0.1) is 0 Å². The zero-order valence-electron chi connectivity index (χ0n) is 15.8. The molecule has 0 bridgehead atoms. The van der Waals surface area contributed by atoms with Crippen LogP contribution in [-0.4, -0.2) is 75.2 Å². The Kier molecular flexibility index (Phi) is 6.95. The molecule has 3 aromatic rings. The molecule has 0 atom stereocenters. The van der Waals surface area contributed by atoms with Crippen LogP contribution in [0.2, 0.25) is 0 Å². The standard InChI is InChI=1S/C18H23N9.HI/c1-19-17(22-9-6-16-24-23-15-5-2-3-10-27(15)16)25-11-13-26(14-12-25)18-20-7-4-8-21-18;/h2-5,7-8,10H,6,9,11-14H2,1H3,(H,19,22);1H. The number of halogens is 1. The van der Waals surface area contributed by atoms with Gasteiger partial charge in [-0.15, -0.1) is 34.2 Å². The summed E-state index contributed by atoms with van der Waals surface area (Å²) in [6.07, 6.45) is 6.33. The highest BCUT2D eigenvalue weighted by molar-refractivity contribution is 14.0. The lowest BCUT2D eigenvalue weighted by molar-refractivity contribution is 0.370. The largest absolute Gasteiger partial charge is 0.356 e. The second-order valence-corrected chi connectivity index (χ2v) is 6.29. The van der Waals surface area contributed by atoms with Gasteiger partial charge in [0.15, 0.2) is 11.6 Å². The number of nitrogens with zero attached hydrogens (tertiary/aromatic N) is 8. The molecule has 4 heterocycles. The van der Waals surface area contributed by atoms with Crippen molar-refractivity contribution in [2.24, 2.45) is 4.99 Å². The number of hydrogen-bond donors (Lipinski definition) is 1. The topological polar surface area (TPSA) is 86.8 Å². The Bertz CT molecular complexity index is 904. The number of piperazine rings is 1. The van der Waals surface area contributed by atoms with Crippen LogP contribution in [0.15, 0.2) is 47.8 Å². The highest BCUT2D eigenvalue weighted by Gasteiger charge is 2.21. The van der Waals surface area contributed by atoms with Crippen LogP contribution in [0.4, 0.5) is 5.95 Å². The molecule has 1 aliphatic heterocycles. The SMILES string of the molecule is CN=C(NCCc1nnc2ccccn12)N1CCN(c2ncccn2)CC1.I. The van der Waals surface area contributed by atoms with Gasteiger partial charge in [0.2, 0.25) is 5.95 Å². The van der Waals surface area contributed by atoms with Gasteiger partial charge >= 0.3 is 0 Å². The van der Waals surface area contributed by atoms with Gasteiger partial charge < -0.3 is 15.1 Å². The molecule has 0 aromatic carbocycles. The van der Waals surface area contributed by atoms with Gasteiger partial charge in [-0.3, -0.25) is 9.39 Å². The van der Waals surface area contributed by atoms with E-state index in [1.807, 2.05) is 41.9 Å². The van der Waals surface area contributed by atoms with Crippen LogP contribution in [-0.2, 0) is 6.42 Å². The third-order valence-electron chi connectivity index (χ3n) is 4.64. The lowest BCUT2D eigenvalue weighted by Crippen LogP contribution is -2.53. The summed E-state index contributed by atoms with van der Waals surface area (Å²) in [4.78, 5) is 17.6. The highest BCUT2D eigenvalue weighted by atomic mass is 127. The Morgan fingerprint density at radius 1 is 1.07 bits per heavy atom. The first-order valence-electron chi connectivity index (χ1n) is 9.11. The molecule has 0 saturated carbocycles. The van der Waals surface area contributed by atoms with E-state index >= 15 is 0 Å². The third kappa shape index (κ3) is 4.49. The molecule has 1 saturated heterocycles. The van der Waals surface area contributed by atoms with E-state index in [1.165, 1.54) is 0 Å². The lowest BCUT2D eigenvalue weighted by atomic mass is 10.3. The summed E-state index contributed by atoms with van der Waals surface area (Å²) in [5.74, 6) is 2.65. The van der Waals surface area contributed by atoms with Crippen LogP contribution in [0.5, 0.6) is 0 Å². The summed E-state index contributed by atoms with van der Waals surface area (Å²) in [6, 6.07) is 7.75. The smallest absolute Gasteiger partial charge is 0.225 e. The van der Waals surface area contributed by atoms with E-state index < -0.39 is 0 Å². The summed E-state index contributed by atoms with van der Waals surface area (Å²) >= 11 is 0. The van der Waals surface area contributed by atoms with Gasteiger partial charge in [0, 0.05) is 64.8 Å². The molecule has 1 fully saturated rings. The van der Waals surface area contributed by atoms with E-state index in [0.29, 0.717) is 0 Å². The maximum absolute atomic E-state index is 4.43. The van der Waals surface area contributed by atoms with Crippen molar-refractivity contribution in [1.29, 1.82) is 0 Å². The number of fused-ring (bicyclic) bond motifs is 1. The van der Waals surface area contributed by atoms with Gasteiger partial charge in [0.25, 0.3) is 0 Å². The summed E-state index contributed by atoms with van der Waals surface area (Å²) in [6.45, 7) is 4.26. The third-order valence-corrected chi connectivity index (χ3v) is 4.64. The average molecular weight is 493 g/mol. The fourth-order valence-corrected chi connectivity index (χ4v) is 3.25. The van der Waals surface area contributed by atoms with E-state index in [1.54, 1.807) is 12.4 Å². The molecule has 1 aliphatic rings. The second-order valence-electron chi connectivity index (χ2n) is 6.29. The molecular weight excluding hydrogens is 469 g/mol. The van der Waals surface area contributed by atoms with Crippen molar-refractivity contribution < 1.29 is 0 Å². The van der Waals surface area contributed by atoms with Crippen molar-refractivity contribution in [3.05, 3.63) is 48.7 Å². The Morgan fingerprint density at radius 3 is 2.61 bits per heavy atom. The minimum atomic E-state index is 0. The predicted molar refractivity (Wildman–Crippen MR) is 119 cm³/mol. The van der Waals surface area contributed by atoms with E-state index in [2.05, 4.69) is 40.3 Å². The van der Waals surface area contributed by atoms with E-state index in [9.17, 15) is 0 Å². The van der Waals surface area contributed by atoms with Crippen molar-refractivity contribution >= 4 is 41.5 Å². The van der Waals surface area contributed by atoms with Gasteiger partial charge in [-0.1, -0.05) is 6.07 Å². The van der Waals surface area contributed by atoms with Crippen molar-refractivity contribution in [2.45, 2.75) is 6.42 Å². The van der Waals surface area contributed by atoms with Crippen molar-refractivity contribution in [3.8, 4) is 0 Å². The fraction of sp³-hybridized carbons (Fsp3) is 0.389. The van der Waals surface area contributed by atoms with Crippen LogP contribution in [0.1, 0.15) is 5.82 Å². The molecule has 10 heteroatoms. The molecule has 4 rings (SSSR count). The summed E-state index contributed by atoms with van der Waals surface area (Å²) < 4.78 is 2.02. The molecule has 9 nitrogen and oxygen atoms in total. The van der Waals surface area contributed by atoms with Gasteiger partial charge in [-0.25, -0.2) is 9.97 Å². The van der Waals surface area contributed by atoms with Gasteiger partial charge in [-0.2, -0.15) is 0 Å². The second kappa shape index (κ2) is 9.62. The Balaban J connectivity index is 0.00000225. The zero-order chi connectivity index (χ0) is 18.5. The molecule has 0 unspecified atom stereocenters. The molecule has 0 amide bonds. The first-order chi connectivity index (χ1) is 13.3. The molecule has 0 spiro atoms. The Labute approximate surface area is 180 Å². The minimum Gasteiger partial charge on any atom is -0.356 e.